The van der Waals surface area contributed by atoms with Gasteiger partial charge in [0.25, 0.3) is 0 Å². The number of carbonyl (C=O) groups is 2. The molecule has 0 aliphatic heterocycles. The van der Waals surface area contributed by atoms with Crippen molar-refractivity contribution in [1.82, 2.24) is 0 Å². The highest BCUT2D eigenvalue weighted by atomic mass is 16.5. The fraction of sp³-hybridized carbons (Fsp3) is 0.500. The Bertz CT molecular complexity index is 1200. The van der Waals surface area contributed by atoms with Gasteiger partial charge < -0.3 is 9.47 Å². The van der Waals surface area contributed by atoms with Crippen molar-refractivity contribution in [2.45, 2.75) is 54.4 Å². The SMILES string of the molecule is CCC#Cc1cc(C#CCN=[N+]=[N-])cc(C#CCN=[N+]=[N-])c1.CCOC(=O)C(C)(C)CC(C)(C)C(=O)OC. The summed E-state index contributed by atoms with van der Waals surface area (Å²) in [6, 6.07) is 5.51. The minimum absolute atomic E-state index is 0.110. The van der Waals surface area contributed by atoms with Gasteiger partial charge in [0.15, 0.2) is 0 Å². The zero-order valence-corrected chi connectivity index (χ0v) is 23.1. The molecule has 0 aliphatic carbocycles. The molecule has 0 atom stereocenters. The monoisotopic (exact) mass is 518 g/mol. The molecule has 38 heavy (non-hydrogen) atoms. The zero-order valence-electron chi connectivity index (χ0n) is 23.1. The predicted molar refractivity (Wildman–Crippen MR) is 146 cm³/mol. The Morgan fingerprint density at radius 2 is 1.24 bits per heavy atom. The maximum atomic E-state index is 11.7. The highest BCUT2D eigenvalue weighted by Gasteiger charge is 2.40. The van der Waals surface area contributed by atoms with Crippen molar-refractivity contribution in [1.29, 1.82) is 0 Å². The van der Waals surface area contributed by atoms with E-state index in [0.717, 1.165) is 23.1 Å². The lowest BCUT2D eigenvalue weighted by Crippen LogP contribution is -2.36. The molecule has 1 rings (SSSR count). The van der Waals surface area contributed by atoms with E-state index in [1.807, 2.05) is 25.1 Å². The number of azide groups is 2. The van der Waals surface area contributed by atoms with Crippen molar-refractivity contribution in [3.8, 4) is 35.5 Å². The third-order valence-corrected chi connectivity index (χ3v) is 4.68. The van der Waals surface area contributed by atoms with E-state index >= 15 is 0 Å². The van der Waals surface area contributed by atoms with E-state index in [0.29, 0.717) is 13.0 Å². The number of carbonyl (C=O) groups excluding carboxylic acids is 2. The van der Waals surface area contributed by atoms with Gasteiger partial charge in [0.1, 0.15) is 0 Å². The molecule has 0 fully saturated rings. The van der Waals surface area contributed by atoms with Gasteiger partial charge in [-0.2, -0.15) is 0 Å². The summed E-state index contributed by atoms with van der Waals surface area (Å²) >= 11 is 0. The molecule has 1 aromatic rings. The molecule has 200 valence electrons. The van der Waals surface area contributed by atoms with Crippen molar-refractivity contribution in [2.24, 2.45) is 21.1 Å². The summed E-state index contributed by atoms with van der Waals surface area (Å²) in [7, 11) is 1.35. The van der Waals surface area contributed by atoms with Crippen LogP contribution in [0, 0.1) is 46.4 Å². The van der Waals surface area contributed by atoms with E-state index in [1.165, 1.54) is 7.11 Å². The summed E-state index contributed by atoms with van der Waals surface area (Å²) in [5, 5.41) is 6.71. The number of benzene rings is 1. The maximum Gasteiger partial charge on any atom is 0.311 e. The standard InChI is InChI=1S/C16H12N6.C12H22O4/c1-2-3-6-14-11-15(7-4-9-19-21-17)13-16(12-14)8-5-10-20-22-18;1-7-16-10(14)12(4,5)8-11(2,3)9(13)15-6/h11-13H,2,9-10H2,1H3;7-8H2,1-6H3. The van der Waals surface area contributed by atoms with Crippen molar-refractivity contribution < 1.29 is 19.1 Å². The first-order valence-electron chi connectivity index (χ1n) is 11.9. The van der Waals surface area contributed by atoms with Crippen LogP contribution in [0.1, 0.15) is 71.1 Å². The number of esters is 2. The van der Waals surface area contributed by atoms with Crippen LogP contribution in [-0.4, -0.2) is 38.7 Å². The molecule has 0 saturated carbocycles. The fourth-order valence-electron chi connectivity index (χ4n) is 3.30. The number of hydrogen-bond donors (Lipinski definition) is 0. The van der Waals surface area contributed by atoms with Crippen LogP contribution in [-0.2, 0) is 19.1 Å². The van der Waals surface area contributed by atoms with Gasteiger partial charge in [-0.05, 0) is 70.3 Å². The average Bonchev–Trinajstić information content (AvgIpc) is 2.87. The van der Waals surface area contributed by atoms with Crippen LogP contribution in [0.15, 0.2) is 28.4 Å². The number of rotatable bonds is 7. The van der Waals surface area contributed by atoms with E-state index in [9.17, 15) is 9.59 Å². The number of nitrogens with zero attached hydrogens (tertiary/aromatic N) is 6. The lowest BCUT2D eigenvalue weighted by molar-refractivity contribution is -0.160. The molecule has 0 heterocycles. The van der Waals surface area contributed by atoms with Crippen LogP contribution < -0.4 is 0 Å². The van der Waals surface area contributed by atoms with E-state index in [4.69, 9.17) is 20.5 Å². The van der Waals surface area contributed by atoms with Crippen molar-refractivity contribution in [3.63, 3.8) is 0 Å². The molecule has 0 N–H and O–H groups in total. The van der Waals surface area contributed by atoms with Crippen LogP contribution in [0.25, 0.3) is 20.9 Å². The first-order chi connectivity index (χ1) is 18.0. The Morgan fingerprint density at radius 3 is 1.61 bits per heavy atom. The number of ether oxygens (including phenoxy) is 2. The lowest BCUT2D eigenvalue weighted by Gasteiger charge is -2.30. The molecule has 0 bridgehead atoms. The molecule has 1 aromatic carbocycles. The molecule has 10 heteroatoms. The maximum absolute atomic E-state index is 11.7. The van der Waals surface area contributed by atoms with Gasteiger partial charge in [-0.15, -0.1) is 0 Å². The molecule has 0 amide bonds. The molecular weight excluding hydrogens is 484 g/mol. The molecule has 0 saturated heterocycles. The largest absolute Gasteiger partial charge is 0.469 e. The molecule has 0 aromatic heterocycles. The Morgan fingerprint density at radius 1 is 0.816 bits per heavy atom. The summed E-state index contributed by atoms with van der Waals surface area (Å²) in [4.78, 5) is 28.5. The smallest absolute Gasteiger partial charge is 0.311 e. The topological polar surface area (TPSA) is 150 Å². The number of methoxy groups -OCH3 is 1. The van der Waals surface area contributed by atoms with Gasteiger partial charge in [-0.1, -0.05) is 52.7 Å². The second kappa shape index (κ2) is 17.8. The van der Waals surface area contributed by atoms with E-state index in [2.05, 4.69) is 55.6 Å². The Hall–Kier alpha value is -4.54. The molecule has 0 aliphatic rings. The van der Waals surface area contributed by atoms with Gasteiger partial charge >= 0.3 is 11.9 Å². The van der Waals surface area contributed by atoms with Crippen LogP contribution in [0.2, 0.25) is 0 Å². The summed E-state index contributed by atoms with van der Waals surface area (Å²) in [6.45, 7) is 11.4. The Balaban J connectivity index is 0.000000761. The quantitative estimate of drug-likeness (QED) is 0.144. The van der Waals surface area contributed by atoms with Gasteiger partial charge in [0.05, 0.1) is 37.6 Å². The van der Waals surface area contributed by atoms with Crippen LogP contribution >= 0.6 is 0 Å². The molecule has 0 spiro atoms. The van der Waals surface area contributed by atoms with Gasteiger partial charge in [-0.3, -0.25) is 9.59 Å². The van der Waals surface area contributed by atoms with Gasteiger partial charge in [0.2, 0.25) is 0 Å². The highest BCUT2D eigenvalue weighted by Crippen LogP contribution is 2.35. The normalized spacial score (nSPS) is 9.55. The summed E-state index contributed by atoms with van der Waals surface area (Å²) in [6.07, 6.45) is 1.15. The molecular formula is C28H34N6O4. The van der Waals surface area contributed by atoms with E-state index in [-0.39, 0.29) is 25.0 Å². The van der Waals surface area contributed by atoms with Gasteiger partial charge in [0, 0.05) is 32.9 Å². The zero-order chi connectivity index (χ0) is 29.0. The average molecular weight is 519 g/mol. The Labute approximate surface area is 224 Å². The van der Waals surface area contributed by atoms with Crippen LogP contribution in [0.3, 0.4) is 0 Å². The lowest BCUT2D eigenvalue weighted by atomic mass is 9.75. The molecule has 10 nitrogen and oxygen atoms in total. The first kappa shape index (κ1) is 33.5. The van der Waals surface area contributed by atoms with Crippen molar-refractivity contribution in [2.75, 3.05) is 26.8 Å². The van der Waals surface area contributed by atoms with Crippen molar-refractivity contribution >= 4 is 11.9 Å². The van der Waals surface area contributed by atoms with Crippen molar-refractivity contribution in [3.05, 3.63) is 55.8 Å². The number of hydrogen-bond acceptors (Lipinski definition) is 6. The van der Waals surface area contributed by atoms with Crippen LogP contribution in [0.5, 0.6) is 0 Å². The molecule has 0 unspecified atom stereocenters. The second-order valence-electron chi connectivity index (χ2n) is 8.99. The minimum atomic E-state index is -0.689. The van der Waals surface area contributed by atoms with E-state index in [1.54, 1.807) is 34.6 Å². The molecule has 0 radical (unpaired) electrons. The van der Waals surface area contributed by atoms with E-state index < -0.39 is 10.8 Å². The predicted octanol–water partition coefficient (Wildman–Crippen LogP) is 5.94. The van der Waals surface area contributed by atoms with Crippen LogP contribution in [0.4, 0.5) is 0 Å². The fourth-order valence-corrected chi connectivity index (χ4v) is 3.30. The highest BCUT2D eigenvalue weighted by molar-refractivity contribution is 5.80. The third kappa shape index (κ3) is 13.5. The summed E-state index contributed by atoms with van der Waals surface area (Å²) < 4.78 is 9.68. The first-order valence-corrected chi connectivity index (χ1v) is 11.9. The summed E-state index contributed by atoms with van der Waals surface area (Å²) in [5.74, 6) is 16.7. The second-order valence-corrected chi connectivity index (χ2v) is 8.99. The third-order valence-electron chi connectivity index (χ3n) is 4.68. The minimum Gasteiger partial charge on any atom is -0.469 e. The summed E-state index contributed by atoms with van der Waals surface area (Å²) in [5.41, 5.74) is 17.3. The van der Waals surface area contributed by atoms with Gasteiger partial charge in [-0.25, -0.2) is 0 Å². The Kier molecular flexibility index (Phi) is 15.7.